The molecule has 0 atom stereocenters. The lowest BCUT2D eigenvalue weighted by molar-refractivity contribution is 0.601. The van der Waals surface area contributed by atoms with E-state index in [0.29, 0.717) is 15.7 Å². The van der Waals surface area contributed by atoms with Crippen molar-refractivity contribution in [1.82, 2.24) is 15.2 Å². The molecule has 0 spiro atoms. The van der Waals surface area contributed by atoms with E-state index in [1.54, 1.807) is 18.3 Å². The molecule has 0 aliphatic carbocycles. The second-order valence-electron chi connectivity index (χ2n) is 2.20. The van der Waals surface area contributed by atoms with Gasteiger partial charge in [0.25, 0.3) is 5.26 Å². The van der Waals surface area contributed by atoms with E-state index in [0.717, 1.165) is 11.3 Å². The minimum absolute atomic E-state index is 0.304. The van der Waals surface area contributed by atoms with Crippen molar-refractivity contribution in [2.24, 2.45) is 0 Å². The fourth-order valence-electron chi connectivity index (χ4n) is 0.860. The summed E-state index contributed by atoms with van der Waals surface area (Å²) >= 11 is 6.62. The zero-order valence-corrected chi connectivity index (χ0v) is 7.81. The maximum Gasteiger partial charge on any atom is 0.289 e. The fourth-order valence-corrected chi connectivity index (χ4v) is 1.72. The maximum atomic E-state index is 12.5. The molecule has 0 saturated heterocycles. The van der Waals surface area contributed by atoms with Crippen molar-refractivity contribution >= 4 is 22.9 Å². The van der Waals surface area contributed by atoms with E-state index in [2.05, 4.69) is 15.2 Å². The van der Waals surface area contributed by atoms with E-state index >= 15 is 0 Å². The highest BCUT2D eigenvalue weighted by atomic mass is 35.5. The molecule has 2 aromatic heterocycles. The molecule has 66 valence electrons. The number of rotatable bonds is 1. The molecule has 6 heteroatoms. The van der Waals surface area contributed by atoms with Crippen molar-refractivity contribution in [2.75, 3.05) is 0 Å². The number of nitrogens with zero attached hydrogens (tertiary/aromatic N) is 3. The van der Waals surface area contributed by atoms with Gasteiger partial charge in [0.1, 0.15) is 5.15 Å². The predicted octanol–water partition coefficient (Wildman–Crippen LogP) is 2.39. The van der Waals surface area contributed by atoms with Gasteiger partial charge in [-0.25, -0.2) is 4.98 Å². The molecular weight excluding hydrogens is 213 g/mol. The van der Waals surface area contributed by atoms with Crippen molar-refractivity contribution in [3.8, 4) is 10.6 Å². The lowest BCUT2D eigenvalue weighted by Gasteiger charge is -1.95. The second-order valence-corrected chi connectivity index (χ2v) is 3.49. The fraction of sp³-hybridized carbons (Fsp3) is 0. The molecule has 0 aromatic carbocycles. The van der Waals surface area contributed by atoms with E-state index in [4.69, 9.17) is 11.6 Å². The normalized spacial score (nSPS) is 10.3. The minimum atomic E-state index is -0.574. The van der Waals surface area contributed by atoms with Crippen LogP contribution in [0.4, 0.5) is 4.39 Å². The van der Waals surface area contributed by atoms with Gasteiger partial charge in [0.15, 0.2) is 5.01 Å². The Labute approximate surface area is 82.2 Å². The molecule has 0 bridgehead atoms. The third-order valence-electron chi connectivity index (χ3n) is 1.39. The van der Waals surface area contributed by atoms with Crippen LogP contribution in [0.15, 0.2) is 18.3 Å². The summed E-state index contributed by atoms with van der Waals surface area (Å²) < 4.78 is 12.5. The maximum absolute atomic E-state index is 12.5. The molecule has 0 aliphatic rings. The van der Waals surface area contributed by atoms with E-state index in [-0.39, 0.29) is 0 Å². The van der Waals surface area contributed by atoms with Crippen LogP contribution < -0.4 is 0 Å². The lowest BCUT2D eigenvalue weighted by Crippen LogP contribution is -1.81. The molecule has 2 rings (SSSR count). The molecule has 0 amide bonds. The summed E-state index contributed by atoms with van der Waals surface area (Å²) in [6, 6.07) is 3.43. The first-order valence-electron chi connectivity index (χ1n) is 3.37. The summed E-state index contributed by atoms with van der Waals surface area (Å²) in [5.74, 6) is 0. The first kappa shape index (κ1) is 8.52. The monoisotopic (exact) mass is 215 g/mol. The number of pyridine rings is 1. The Morgan fingerprint density at radius 1 is 1.38 bits per heavy atom. The smallest absolute Gasteiger partial charge is 0.244 e. The Hall–Kier alpha value is -1.07. The van der Waals surface area contributed by atoms with Gasteiger partial charge in [-0.3, -0.25) is 0 Å². The Morgan fingerprint density at radius 3 is 2.85 bits per heavy atom. The van der Waals surface area contributed by atoms with Gasteiger partial charge in [-0.05, 0) is 12.1 Å². The zero-order chi connectivity index (χ0) is 9.26. The number of halogens is 2. The van der Waals surface area contributed by atoms with Gasteiger partial charge < -0.3 is 0 Å². The van der Waals surface area contributed by atoms with Crippen molar-refractivity contribution in [3.05, 3.63) is 28.7 Å². The topological polar surface area (TPSA) is 38.7 Å². The van der Waals surface area contributed by atoms with Gasteiger partial charge >= 0.3 is 0 Å². The quantitative estimate of drug-likeness (QED) is 0.686. The highest BCUT2D eigenvalue weighted by Gasteiger charge is 2.09. The largest absolute Gasteiger partial charge is 0.289 e. The number of hydrogen-bond acceptors (Lipinski definition) is 4. The van der Waals surface area contributed by atoms with E-state index in [1.165, 1.54) is 0 Å². The first-order chi connectivity index (χ1) is 6.27. The number of aromatic nitrogens is 3. The van der Waals surface area contributed by atoms with Crippen molar-refractivity contribution in [1.29, 1.82) is 0 Å². The third kappa shape index (κ3) is 1.66. The van der Waals surface area contributed by atoms with E-state index < -0.39 is 5.26 Å². The Balaban J connectivity index is 2.52. The van der Waals surface area contributed by atoms with Crippen molar-refractivity contribution < 1.29 is 4.39 Å². The summed E-state index contributed by atoms with van der Waals surface area (Å²) in [7, 11) is 0. The van der Waals surface area contributed by atoms with Gasteiger partial charge in [0.05, 0.1) is 0 Å². The van der Waals surface area contributed by atoms with Crippen LogP contribution in [0.25, 0.3) is 10.6 Å². The zero-order valence-electron chi connectivity index (χ0n) is 6.24. The Bertz CT molecular complexity index is 431. The molecule has 0 aliphatic heterocycles. The average Bonchev–Trinajstić information content (AvgIpc) is 2.53. The molecule has 0 saturated carbocycles. The summed E-state index contributed by atoms with van der Waals surface area (Å²) in [6.45, 7) is 0. The van der Waals surface area contributed by atoms with Crippen LogP contribution in [0.2, 0.25) is 5.15 Å². The summed E-state index contributed by atoms with van der Waals surface area (Å²) in [6.07, 6.45) is 1.56. The summed E-state index contributed by atoms with van der Waals surface area (Å²) in [5, 5.41) is 7.04. The van der Waals surface area contributed by atoms with Crippen LogP contribution in [0.3, 0.4) is 0 Å². The first-order valence-corrected chi connectivity index (χ1v) is 4.57. The molecule has 0 unspecified atom stereocenters. The highest BCUT2D eigenvalue weighted by molar-refractivity contribution is 7.13. The van der Waals surface area contributed by atoms with Gasteiger partial charge in [0.2, 0.25) is 0 Å². The standard InChI is InChI=1S/C7H3ClFN3S/c8-5-4(2-1-3-10-5)6-11-12-7(9)13-6/h1-3H. The van der Waals surface area contributed by atoms with E-state index in [9.17, 15) is 4.39 Å². The highest BCUT2D eigenvalue weighted by Crippen LogP contribution is 2.27. The summed E-state index contributed by atoms with van der Waals surface area (Å²) in [5.41, 5.74) is 0.602. The van der Waals surface area contributed by atoms with Crippen LogP contribution in [0.1, 0.15) is 0 Å². The minimum Gasteiger partial charge on any atom is -0.244 e. The SMILES string of the molecule is Fc1nnc(-c2cccnc2Cl)s1. The van der Waals surface area contributed by atoms with Crippen LogP contribution in [0, 0.1) is 5.26 Å². The molecule has 0 N–H and O–H groups in total. The second kappa shape index (κ2) is 3.35. The molecule has 3 nitrogen and oxygen atoms in total. The molecule has 2 aromatic rings. The third-order valence-corrected chi connectivity index (χ3v) is 2.44. The van der Waals surface area contributed by atoms with Crippen LogP contribution in [-0.2, 0) is 0 Å². The van der Waals surface area contributed by atoms with Gasteiger partial charge in [0, 0.05) is 11.8 Å². The van der Waals surface area contributed by atoms with E-state index in [1.807, 2.05) is 0 Å². The van der Waals surface area contributed by atoms with Crippen LogP contribution >= 0.6 is 22.9 Å². The Kier molecular flexibility index (Phi) is 2.20. The average molecular weight is 216 g/mol. The predicted molar refractivity (Wildman–Crippen MR) is 48.1 cm³/mol. The lowest BCUT2D eigenvalue weighted by atomic mass is 10.3. The van der Waals surface area contributed by atoms with Crippen molar-refractivity contribution in [3.63, 3.8) is 0 Å². The van der Waals surface area contributed by atoms with Crippen LogP contribution in [-0.4, -0.2) is 15.2 Å². The molecule has 0 radical (unpaired) electrons. The van der Waals surface area contributed by atoms with Crippen LogP contribution in [0.5, 0.6) is 0 Å². The molecule has 0 fully saturated rings. The Morgan fingerprint density at radius 2 is 2.23 bits per heavy atom. The summed E-state index contributed by atoms with van der Waals surface area (Å²) in [4.78, 5) is 3.85. The molecular formula is C7H3ClFN3S. The van der Waals surface area contributed by atoms with Gasteiger partial charge in [-0.15, -0.1) is 10.2 Å². The molecule has 13 heavy (non-hydrogen) atoms. The van der Waals surface area contributed by atoms with Crippen molar-refractivity contribution in [2.45, 2.75) is 0 Å². The van der Waals surface area contributed by atoms with Gasteiger partial charge in [-0.2, -0.15) is 4.39 Å². The van der Waals surface area contributed by atoms with Gasteiger partial charge in [-0.1, -0.05) is 22.9 Å². The molecule has 2 heterocycles. The number of hydrogen-bond donors (Lipinski definition) is 0.